The first-order valence-electron chi connectivity index (χ1n) is 13.2. The molecule has 1 atom stereocenters. The Morgan fingerprint density at radius 1 is 1.14 bits per heavy atom. The fourth-order valence-electron chi connectivity index (χ4n) is 4.74. The molecule has 37 heavy (non-hydrogen) atoms. The molecule has 9 heteroatoms. The van der Waals surface area contributed by atoms with Crippen LogP contribution in [0, 0.1) is 6.92 Å². The number of nitrogens with zero attached hydrogens (tertiary/aromatic N) is 4. The second kappa shape index (κ2) is 13.3. The van der Waals surface area contributed by atoms with Crippen molar-refractivity contribution >= 4 is 28.5 Å². The molecule has 1 unspecified atom stereocenters. The summed E-state index contributed by atoms with van der Waals surface area (Å²) in [5.41, 5.74) is 3.24. The fraction of sp³-hybridized carbons (Fsp3) is 0.500. The van der Waals surface area contributed by atoms with Gasteiger partial charge in [0.25, 0.3) is 0 Å². The second-order valence-electron chi connectivity index (χ2n) is 9.59. The largest absolute Gasteiger partial charge is 0.480 e. The van der Waals surface area contributed by atoms with Crippen LogP contribution in [0.2, 0.25) is 0 Å². The van der Waals surface area contributed by atoms with Crippen LogP contribution in [0.5, 0.6) is 0 Å². The van der Waals surface area contributed by atoms with E-state index < -0.39 is 12.0 Å². The zero-order valence-electron chi connectivity index (χ0n) is 21.9. The third-order valence-corrected chi connectivity index (χ3v) is 6.78. The monoisotopic (exact) mass is 506 g/mol. The molecule has 3 aromatic rings. The molecule has 4 rings (SSSR count). The van der Waals surface area contributed by atoms with Gasteiger partial charge in [-0.25, -0.2) is 19.7 Å². The number of ether oxygens (including phenoxy) is 1. The molecule has 0 aliphatic carbocycles. The third kappa shape index (κ3) is 7.60. The van der Waals surface area contributed by atoms with E-state index >= 15 is 0 Å². The Hall–Kier alpha value is -3.30. The number of fused-ring (bicyclic) bond motifs is 2. The highest BCUT2D eigenvalue weighted by Gasteiger charge is 2.21. The number of para-hydroxylation sites is 1. The Morgan fingerprint density at radius 3 is 2.84 bits per heavy atom. The van der Waals surface area contributed by atoms with Gasteiger partial charge in [0.05, 0.1) is 12.1 Å². The van der Waals surface area contributed by atoms with Crippen molar-refractivity contribution in [1.82, 2.24) is 19.9 Å². The molecule has 1 aromatic carbocycles. The molecule has 1 aliphatic rings. The predicted octanol–water partition coefficient (Wildman–Crippen LogP) is 3.92. The van der Waals surface area contributed by atoms with Crippen LogP contribution in [0.15, 0.2) is 36.4 Å². The Kier molecular flexibility index (Phi) is 9.62. The lowest BCUT2D eigenvalue weighted by atomic mass is 10.1. The molecule has 0 saturated carbocycles. The summed E-state index contributed by atoms with van der Waals surface area (Å²) >= 11 is 0. The standard InChI is InChI=1S/C28H38N6O3/c1-20-30-24-11-4-3-10-23(24)27(31-20)33-25(28(35)36)14-17-34(18-19-37-2)16-6-5-9-22-13-12-21-8-7-15-29-26(21)32-22/h3-4,10-13,25H,5-9,14-19H2,1-2H3,(H,29,32)(H,35,36)(H,30,31,33). The molecule has 0 radical (unpaired) electrons. The molecule has 2 aromatic heterocycles. The molecule has 0 saturated heterocycles. The van der Waals surface area contributed by atoms with Gasteiger partial charge in [0.15, 0.2) is 0 Å². The SMILES string of the molecule is COCCN(CCCCc1ccc2c(n1)NCCC2)CCC(Nc1nc(C)nc2ccccc12)C(=O)O. The van der Waals surface area contributed by atoms with Gasteiger partial charge in [-0.3, -0.25) is 0 Å². The van der Waals surface area contributed by atoms with Crippen LogP contribution in [0.25, 0.3) is 10.9 Å². The van der Waals surface area contributed by atoms with Crippen molar-refractivity contribution in [3.05, 3.63) is 53.5 Å². The van der Waals surface area contributed by atoms with Crippen molar-refractivity contribution in [3.63, 3.8) is 0 Å². The molecule has 198 valence electrons. The van der Waals surface area contributed by atoms with E-state index in [1.165, 1.54) is 12.0 Å². The van der Waals surface area contributed by atoms with Crippen LogP contribution < -0.4 is 10.6 Å². The van der Waals surface area contributed by atoms with Gasteiger partial charge >= 0.3 is 5.97 Å². The van der Waals surface area contributed by atoms with E-state index in [0.717, 1.165) is 67.7 Å². The van der Waals surface area contributed by atoms with Gasteiger partial charge in [0, 0.05) is 37.8 Å². The number of pyridine rings is 1. The molecular weight excluding hydrogens is 468 g/mol. The number of carboxylic acids is 1. The van der Waals surface area contributed by atoms with Crippen LogP contribution in [0.4, 0.5) is 11.6 Å². The summed E-state index contributed by atoms with van der Waals surface area (Å²) in [6.45, 7) is 5.72. The van der Waals surface area contributed by atoms with Gasteiger partial charge in [-0.1, -0.05) is 18.2 Å². The maximum atomic E-state index is 12.1. The van der Waals surface area contributed by atoms with Crippen LogP contribution in [0.3, 0.4) is 0 Å². The topological polar surface area (TPSA) is 113 Å². The first-order valence-corrected chi connectivity index (χ1v) is 13.2. The summed E-state index contributed by atoms with van der Waals surface area (Å²) in [4.78, 5) is 28.1. The minimum Gasteiger partial charge on any atom is -0.480 e. The Labute approximate surface area is 218 Å². The molecule has 0 amide bonds. The molecule has 0 spiro atoms. The minimum atomic E-state index is -0.890. The van der Waals surface area contributed by atoms with Gasteiger partial charge < -0.3 is 25.4 Å². The average molecular weight is 507 g/mol. The van der Waals surface area contributed by atoms with Gasteiger partial charge in [-0.15, -0.1) is 0 Å². The van der Waals surface area contributed by atoms with E-state index in [9.17, 15) is 9.90 Å². The Morgan fingerprint density at radius 2 is 2.00 bits per heavy atom. The normalized spacial score (nSPS) is 13.8. The number of carbonyl (C=O) groups is 1. The molecule has 9 nitrogen and oxygen atoms in total. The molecule has 3 heterocycles. The zero-order chi connectivity index (χ0) is 26.0. The molecule has 0 fully saturated rings. The number of aromatic nitrogens is 3. The van der Waals surface area contributed by atoms with Gasteiger partial charge in [0.2, 0.25) is 0 Å². The lowest BCUT2D eigenvalue weighted by Crippen LogP contribution is -2.37. The molecular formula is C28H38N6O3. The highest BCUT2D eigenvalue weighted by atomic mass is 16.5. The second-order valence-corrected chi connectivity index (χ2v) is 9.59. The van der Waals surface area contributed by atoms with E-state index in [-0.39, 0.29) is 0 Å². The van der Waals surface area contributed by atoms with Gasteiger partial charge in [0.1, 0.15) is 23.5 Å². The highest BCUT2D eigenvalue weighted by molar-refractivity contribution is 5.90. The van der Waals surface area contributed by atoms with Gasteiger partial charge in [-0.05, 0) is 75.8 Å². The van der Waals surface area contributed by atoms with Crippen molar-refractivity contribution in [3.8, 4) is 0 Å². The van der Waals surface area contributed by atoms with Crippen LogP contribution in [-0.4, -0.2) is 76.9 Å². The summed E-state index contributed by atoms with van der Waals surface area (Å²) in [5, 5.41) is 17.3. The number of benzene rings is 1. The van der Waals surface area contributed by atoms with Gasteiger partial charge in [-0.2, -0.15) is 0 Å². The number of hydrogen-bond acceptors (Lipinski definition) is 8. The number of aliphatic carboxylic acids is 1. The average Bonchev–Trinajstić information content (AvgIpc) is 2.90. The van der Waals surface area contributed by atoms with E-state index in [1.54, 1.807) is 7.11 Å². The molecule has 0 bridgehead atoms. The number of rotatable bonds is 14. The third-order valence-electron chi connectivity index (χ3n) is 6.78. The number of anilines is 2. The lowest BCUT2D eigenvalue weighted by molar-refractivity contribution is -0.138. The van der Waals surface area contributed by atoms with Crippen molar-refractivity contribution in [2.24, 2.45) is 0 Å². The number of carboxylic acid groups (broad SMARTS) is 1. The summed E-state index contributed by atoms with van der Waals surface area (Å²) in [6, 6.07) is 11.2. The summed E-state index contributed by atoms with van der Waals surface area (Å²) in [7, 11) is 1.69. The number of nitrogens with one attached hydrogen (secondary N) is 2. The van der Waals surface area contributed by atoms with Crippen molar-refractivity contribution in [2.45, 2.75) is 51.5 Å². The Bertz CT molecular complexity index is 1190. The van der Waals surface area contributed by atoms with Crippen molar-refractivity contribution in [1.29, 1.82) is 0 Å². The number of aryl methyl sites for hydroxylation is 3. The van der Waals surface area contributed by atoms with Crippen molar-refractivity contribution < 1.29 is 14.6 Å². The van der Waals surface area contributed by atoms with E-state index in [2.05, 4.69) is 37.6 Å². The zero-order valence-corrected chi connectivity index (χ0v) is 21.9. The van der Waals surface area contributed by atoms with Crippen LogP contribution >= 0.6 is 0 Å². The quantitative estimate of drug-likeness (QED) is 0.280. The van der Waals surface area contributed by atoms with E-state index in [1.807, 2.05) is 31.2 Å². The number of unbranched alkanes of at least 4 members (excludes halogenated alkanes) is 1. The molecule has 3 N–H and O–H groups in total. The first-order chi connectivity index (χ1) is 18.0. The van der Waals surface area contributed by atoms with E-state index in [0.29, 0.717) is 31.2 Å². The molecule has 1 aliphatic heterocycles. The lowest BCUT2D eigenvalue weighted by Gasteiger charge is -2.24. The Balaban J connectivity index is 1.31. The maximum absolute atomic E-state index is 12.1. The smallest absolute Gasteiger partial charge is 0.326 e. The maximum Gasteiger partial charge on any atom is 0.326 e. The summed E-state index contributed by atoms with van der Waals surface area (Å²) in [6.07, 6.45) is 5.70. The van der Waals surface area contributed by atoms with Crippen LogP contribution in [-0.2, 0) is 22.4 Å². The first kappa shape index (κ1) is 26.8. The number of methoxy groups -OCH3 is 1. The van der Waals surface area contributed by atoms with Crippen LogP contribution in [0.1, 0.15) is 42.8 Å². The number of hydrogen-bond donors (Lipinski definition) is 3. The fourth-order valence-corrected chi connectivity index (χ4v) is 4.74. The van der Waals surface area contributed by atoms with Crippen molar-refractivity contribution in [2.75, 3.05) is 50.5 Å². The van der Waals surface area contributed by atoms with E-state index in [4.69, 9.17) is 9.72 Å². The summed E-state index contributed by atoms with van der Waals surface area (Å²) < 4.78 is 5.30. The highest BCUT2D eigenvalue weighted by Crippen LogP contribution is 2.22. The predicted molar refractivity (Wildman–Crippen MR) is 146 cm³/mol. The summed E-state index contributed by atoms with van der Waals surface area (Å²) in [5.74, 6) is 1.32. The minimum absolute atomic E-state index is 0.453.